The van der Waals surface area contributed by atoms with Crippen LogP contribution in [0.15, 0.2) is 48.5 Å². The first-order chi connectivity index (χ1) is 12.9. The summed E-state index contributed by atoms with van der Waals surface area (Å²) in [4.78, 5) is 11.8. The highest BCUT2D eigenvalue weighted by atomic mass is 16.6. The fourth-order valence-electron chi connectivity index (χ4n) is 2.66. The molecule has 2 aromatic rings. The molecule has 0 spiro atoms. The molecule has 0 radical (unpaired) electrons. The van der Waals surface area contributed by atoms with E-state index in [0.717, 1.165) is 35.5 Å². The molecule has 0 bridgehead atoms. The second-order valence-electron chi connectivity index (χ2n) is 7.60. The number of ether oxygens (including phenoxy) is 2. The number of alkyl carbamates (subject to hydrolysis) is 1. The van der Waals surface area contributed by atoms with Crippen molar-refractivity contribution < 1.29 is 14.3 Å². The van der Waals surface area contributed by atoms with Crippen LogP contribution >= 0.6 is 0 Å². The minimum Gasteiger partial charge on any atom is -0.493 e. The molecule has 0 aliphatic rings. The van der Waals surface area contributed by atoms with Crippen molar-refractivity contribution in [2.45, 2.75) is 59.1 Å². The van der Waals surface area contributed by atoms with Gasteiger partial charge in [0.1, 0.15) is 11.4 Å². The van der Waals surface area contributed by atoms with Gasteiger partial charge in [0.2, 0.25) is 0 Å². The largest absolute Gasteiger partial charge is 0.493 e. The van der Waals surface area contributed by atoms with Gasteiger partial charge in [0.25, 0.3) is 0 Å². The van der Waals surface area contributed by atoms with Crippen molar-refractivity contribution in [3.05, 3.63) is 54.1 Å². The highest BCUT2D eigenvalue weighted by Crippen LogP contribution is 2.30. The Kier molecular flexibility index (Phi) is 7.71. The van der Waals surface area contributed by atoms with Crippen molar-refractivity contribution in [3.8, 4) is 16.9 Å². The molecule has 146 valence electrons. The number of unbranched alkanes of at least 4 members (excludes halogenated alkanes) is 2. The third kappa shape index (κ3) is 7.33. The maximum Gasteiger partial charge on any atom is 0.407 e. The summed E-state index contributed by atoms with van der Waals surface area (Å²) < 4.78 is 11.2. The molecule has 1 amide bonds. The molecule has 4 nitrogen and oxygen atoms in total. The fraction of sp³-hybridized carbons (Fsp3) is 0.435. The van der Waals surface area contributed by atoms with Gasteiger partial charge >= 0.3 is 6.09 Å². The molecule has 1 N–H and O–H groups in total. The summed E-state index contributed by atoms with van der Waals surface area (Å²) in [5.41, 5.74) is 2.71. The topological polar surface area (TPSA) is 47.6 Å². The Hall–Kier alpha value is -2.49. The SMILES string of the molecule is CCCCCOc1ccccc1-c1ccc(CNC(=O)OC(C)(C)C)cc1. The lowest BCUT2D eigenvalue weighted by atomic mass is 10.0. The standard InChI is InChI=1S/C23H31NO3/c1-5-6-9-16-26-21-11-8-7-10-20(21)19-14-12-18(13-15-19)17-24-22(25)27-23(2,3)4/h7-8,10-15H,5-6,9,16-17H2,1-4H3,(H,24,25). The summed E-state index contributed by atoms with van der Waals surface area (Å²) in [5, 5.41) is 2.78. The average molecular weight is 370 g/mol. The van der Waals surface area contributed by atoms with E-state index in [9.17, 15) is 4.79 Å². The number of amides is 1. The van der Waals surface area contributed by atoms with Crippen LogP contribution in [0.4, 0.5) is 4.79 Å². The first-order valence-corrected chi connectivity index (χ1v) is 9.67. The number of hydrogen-bond acceptors (Lipinski definition) is 3. The van der Waals surface area contributed by atoms with Crippen LogP contribution in [0.3, 0.4) is 0 Å². The molecule has 27 heavy (non-hydrogen) atoms. The van der Waals surface area contributed by atoms with Crippen molar-refractivity contribution >= 4 is 6.09 Å². The van der Waals surface area contributed by atoms with Gasteiger partial charge in [-0.1, -0.05) is 62.2 Å². The summed E-state index contributed by atoms with van der Waals surface area (Å²) in [6.07, 6.45) is 3.03. The molecule has 2 rings (SSSR count). The first-order valence-electron chi connectivity index (χ1n) is 9.67. The molecule has 0 aliphatic carbocycles. The van der Waals surface area contributed by atoms with Crippen molar-refractivity contribution in [2.24, 2.45) is 0 Å². The number of hydrogen-bond donors (Lipinski definition) is 1. The van der Waals surface area contributed by atoms with Crippen LogP contribution in [0.1, 0.15) is 52.5 Å². The Bertz CT molecular complexity index is 717. The van der Waals surface area contributed by atoms with Crippen molar-refractivity contribution in [1.82, 2.24) is 5.32 Å². The quantitative estimate of drug-likeness (QED) is 0.585. The number of nitrogens with one attached hydrogen (secondary N) is 1. The average Bonchev–Trinajstić information content (AvgIpc) is 2.63. The van der Waals surface area contributed by atoms with Gasteiger partial charge < -0.3 is 14.8 Å². The second-order valence-corrected chi connectivity index (χ2v) is 7.60. The van der Waals surface area contributed by atoms with Gasteiger partial charge in [-0.05, 0) is 44.4 Å². The third-order valence-corrected chi connectivity index (χ3v) is 3.99. The lowest BCUT2D eigenvalue weighted by Crippen LogP contribution is -2.32. The molecule has 0 fully saturated rings. The maximum atomic E-state index is 11.8. The Balaban J connectivity index is 1.98. The number of carbonyl (C=O) groups is 1. The molecule has 4 heteroatoms. The number of para-hydroxylation sites is 1. The van der Waals surface area contributed by atoms with E-state index >= 15 is 0 Å². The van der Waals surface area contributed by atoms with Crippen molar-refractivity contribution in [1.29, 1.82) is 0 Å². The Morgan fingerprint density at radius 2 is 1.70 bits per heavy atom. The number of carbonyl (C=O) groups excluding carboxylic acids is 1. The number of benzene rings is 2. The maximum absolute atomic E-state index is 11.8. The van der Waals surface area contributed by atoms with Crippen LogP contribution in [-0.4, -0.2) is 18.3 Å². The van der Waals surface area contributed by atoms with E-state index in [2.05, 4.69) is 30.4 Å². The van der Waals surface area contributed by atoms with Gasteiger partial charge in [-0.2, -0.15) is 0 Å². The Morgan fingerprint density at radius 3 is 2.37 bits per heavy atom. The van der Waals surface area contributed by atoms with E-state index in [1.807, 2.05) is 51.1 Å². The monoisotopic (exact) mass is 369 g/mol. The van der Waals surface area contributed by atoms with Gasteiger partial charge in [0.15, 0.2) is 0 Å². The Morgan fingerprint density at radius 1 is 1.00 bits per heavy atom. The van der Waals surface area contributed by atoms with Gasteiger partial charge in [0, 0.05) is 12.1 Å². The molecular weight excluding hydrogens is 338 g/mol. The molecule has 0 saturated heterocycles. The van der Waals surface area contributed by atoms with E-state index < -0.39 is 11.7 Å². The smallest absolute Gasteiger partial charge is 0.407 e. The molecule has 0 saturated carbocycles. The second kappa shape index (κ2) is 10.0. The van der Waals surface area contributed by atoms with Gasteiger partial charge in [-0.25, -0.2) is 4.79 Å². The highest BCUT2D eigenvalue weighted by molar-refractivity contribution is 5.71. The highest BCUT2D eigenvalue weighted by Gasteiger charge is 2.15. The lowest BCUT2D eigenvalue weighted by Gasteiger charge is -2.19. The molecular formula is C23H31NO3. The summed E-state index contributed by atoms with van der Waals surface area (Å²) >= 11 is 0. The van der Waals surface area contributed by atoms with Crippen LogP contribution in [0.5, 0.6) is 5.75 Å². The summed E-state index contributed by atoms with van der Waals surface area (Å²) in [6, 6.07) is 16.2. The van der Waals surface area contributed by atoms with Gasteiger partial charge in [-0.15, -0.1) is 0 Å². The van der Waals surface area contributed by atoms with E-state index in [0.29, 0.717) is 6.54 Å². The normalized spacial score (nSPS) is 11.1. The minimum atomic E-state index is -0.491. The van der Waals surface area contributed by atoms with E-state index in [1.54, 1.807) is 0 Å². The lowest BCUT2D eigenvalue weighted by molar-refractivity contribution is 0.0523. The predicted octanol–water partition coefficient (Wildman–Crippen LogP) is 5.95. The molecule has 0 aliphatic heterocycles. The zero-order valence-electron chi connectivity index (χ0n) is 16.9. The van der Waals surface area contributed by atoms with Crippen LogP contribution in [0.2, 0.25) is 0 Å². The first kappa shape index (κ1) is 20.8. The van der Waals surface area contributed by atoms with Crippen LogP contribution in [-0.2, 0) is 11.3 Å². The molecule has 0 unspecified atom stereocenters. The van der Waals surface area contributed by atoms with Crippen LogP contribution in [0.25, 0.3) is 11.1 Å². The zero-order chi connectivity index (χ0) is 19.7. The minimum absolute atomic E-state index is 0.405. The van der Waals surface area contributed by atoms with Crippen LogP contribution in [0, 0.1) is 0 Å². The molecule has 0 atom stereocenters. The van der Waals surface area contributed by atoms with Gasteiger partial charge in [0.05, 0.1) is 6.61 Å². The fourth-order valence-corrected chi connectivity index (χ4v) is 2.66. The zero-order valence-corrected chi connectivity index (χ0v) is 16.9. The summed E-state index contributed by atoms with van der Waals surface area (Å²) in [7, 11) is 0. The molecule has 2 aromatic carbocycles. The predicted molar refractivity (Wildman–Crippen MR) is 110 cm³/mol. The molecule has 0 aromatic heterocycles. The van der Waals surface area contributed by atoms with E-state index in [-0.39, 0.29) is 0 Å². The third-order valence-electron chi connectivity index (χ3n) is 3.99. The van der Waals surface area contributed by atoms with E-state index in [1.165, 1.54) is 12.8 Å². The summed E-state index contributed by atoms with van der Waals surface area (Å²) in [5.74, 6) is 0.910. The Labute approximate surface area is 162 Å². The van der Waals surface area contributed by atoms with E-state index in [4.69, 9.17) is 9.47 Å². The number of rotatable bonds is 8. The summed E-state index contributed by atoms with van der Waals surface area (Å²) in [6.45, 7) is 8.91. The van der Waals surface area contributed by atoms with Crippen molar-refractivity contribution in [2.75, 3.05) is 6.61 Å². The van der Waals surface area contributed by atoms with Crippen LogP contribution < -0.4 is 10.1 Å². The molecule has 0 heterocycles. The van der Waals surface area contributed by atoms with Crippen molar-refractivity contribution in [3.63, 3.8) is 0 Å². The van der Waals surface area contributed by atoms with Gasteiger partial charge in [-0.3, -0.25) is 0 Å².